The Kier molecular flexibility index (Phi) is 4.52. The molecule has 1 heterocycles. The highest BCUT2D eigenvalue weighted by Gasteiger charge is 2.12. The third-order valence-electron chi connectivity index (χ3n) is 2.33. The van der Waals surface area contributed by atoms with Gasteiger partial charge in [0.2, 0.25) is 0 Å². The lowest BCUT2D eigenvalue weighted by molar-refractivity contribution is 0.0995. The lowest BCUT2D eigenvalue weighted by Gasteiger charge is -2.08. The molecule has 19 heavy (non-hydrogen) atoms. The fourth-order valence-electron chi connectivity index (χ4n) is 1.45. The zero-order valence-corrected chi connectivity index (χ0v) is 10.4. The summed E-state index contributed by atoms with van der Waals surface area (Å²) in [5, 5.41) is 7.30. The van der Waals surface area contributed by atoms with Crippen LogP contribution in [0.2, 0.25) is 0 Å². The van der Waals surface area contributed by atoms with Crippen molar-refractivity contribution in [1.82, 2.24) is 0 Å². The van der Waals surface area contributed by atoms with Crippen molar-refractivity contribution in [2.24, 2.45) is 15.2 Å². The van der Waals surface area contributed by atoms with Crippen LogP contribution in [0.1, 0.15) is 10.4 Å². The van der Waals surface area contributed by atoms with Gasteiger partial charge in [0.15, 0.2) is 5.84 Å². The van der Waals surface area contributed by atoms with Crippen LogP contribution in [-0.2, 0) is 4.74 Å². The van der Waals surface area contributed by atoms with Gasteiger partial charge in [-0.05, 0) is 12.1 Å². The van der Waals surface area contributed by atoms with Gasteiger partial charge in [0.1, 0.15) is 12.4 Å². The monoisotopic (exact) mass is 259 g/mol. The van der Waals surface area contributed by atoms with Crippen molar-refractivity contribution in [3.8, 4) is 5.75 Å². The van der Waals surface area contributed by atoms with Gasteiger partial charge in [0, 0.05) is 13.2 Å². The van der Waals surface area contributed by atoms with Crippen molar-refractivity contribution in [1.29, 1.82) is 0 Å². The molecule has 6 nitrogen and oxygen atoms in total. The zero-order chi connectivity index (χ0) is 13.5. The fraction of sp³-hybridized carbons (Fsp3) is 0.231. The second-order valence-corrected chi connectivity index (χ2v) is 3.64. The molecule has 0 radical (unpaired) electrons. The molecule has 1 aliphatic rings. The van der Waals surface area contributed by atoms with Crippen LogP contribution in [0.3, 0.4) is 0 Å². The molecule has 98 valence electrons. The van der Waals surface area contributed by atoms with E-state index in [-0.39, 0.29) is 5.84 Å². The zero-order valence-electron chi connectivity index (χ0n) is 10.4. The molecule has 0 saturated carbocycles. The molecule has 0 atom stereocenters. The molecular weight excluding hydrogens is 246 g/mol. The summed E-state index contributed by atoms with van der Waals surface area (Å²) in [7, 11) is 1.59. The number of carbonyl (C=O) groups is 1. The van der Waals surface area contributed by atoms with Gasteiger partial charge in [-0.15, -0.1) is 5.11 Å². The van der Waals surface area contributed by atoms with Gasteiger partial charge in [-0.2, -0.15) is 10.1 Å². The first kappa shape index (κ1) is 13.1. The SMILES string of the molecule is COCCOc1ccccc1C(=O)/N=C1/C=CN=N1. The number of para-hydroxylation sites is 1. The first-order valence-corrected chi connectivity index (χ1v) is 5.72. The van der Waals surface area contributed by atoms with Crippen LogP contribution >= 0.6 is 0 Å². The smallest absolute Gasteiger partial charge is 0.282 e. The quantitative estimate of drug-likeness (QED) is 0.761. The minimum Gasteiger partial charge on any atom is -0.490 e. The van der Waals surface area contributed by atoms with Gasteiger partial charge in [-0.25, -0.2) is 0 Å². The molecule has 1 aromatic carbocycles. The third kappa shape index (κ3) is 3.56. The molecule has 1 amide bonds. The van der Waals surface area contributed by atoms with E-state index in [1.807, 2.05) is 0 Å². The molecule has 1 aromatic rings. The first-order valence-electron chi connectivity index (χ1n) is 5.72. The average Bonchev–Trinajstić information content (AvgIpc) is 2.92. The molecule has 0 fully saturated rings. The molecule has 0 aromatic heterocycles. The van der Waals surface area contributed by atoms with Gasteiger partial charge >= 0.3 is 0 Å². The first-order chi connectivity index (χ1) is 9.31. The number of azo groups is 1. The van der Waals surface area contributed by atoms with E-state index >= 15 is 0 Å². The van der Waals surface area contributed by atoms with Gasteiger partial charge in [0.25, 0.3) is 5.91 Å². The average molecular weight is 259 g/mol. The second kappa shape index (κ2) is 6.55. The highest BCUT2D eigenvalue weighted by Crippen LogP contribution is 2.19. The molecule has 0 N–H and O–H groups in total. The molecule has 0 unspecified atom stereocenters. The summed E-state index contributed by atoms with van der Waals surface area (Å²) in [6.07, 6.45) is 3.04. The van der Waals surface area contributed by atoms with E-state index in [0.717, 1.165) is 0 Å². The van der Waals surface area contributed by atoms with Crippen LogP contribution < -0.4 is 4.74 Å². The maximum absolute atomic E-state index is 12.0. The van der Waals surface area contributed by atoms with Crippen molar-refractivity contribution in [3.63, 3.8) is 0 Å². The van der Waals surface area contributed by atoms with Crippen LogP contribution in [0.5, 0.6) is 5.75 Å². The largest absolute Gasteiger partial charge is 0.490 e. The highest BCUT2D eigenvalue weighted by atomic mass is 16.5. The Morgan fingerprint density at radius 3 is 2.89 bits per heavy atom. The van der Waals surface area contributed by atoms with Crippen LogP contribution in [0.25, 0.3) is 0 Å². The predicted octanol–water partition coefficient (Wildman–Crippen LogP) is 2.23. The summed E-state index contributed by atoms with van der Waals surface area (Å²) in [5.41, 5.74) is 0.390. The van der Waals surface area contributed by atoms with Crippen molar-refractivity contribution in [3.05, 3.63) is 42.1 Å². The molecule has 0 bridgehead atoms. The van der Waals surface area contributed by atoms with Crippen molar-refractivity contribution < 1.29 is 14.3 Å². The van der Waals surface area contributed by atoms with E-state index < -0.39 is 5.91 Å². The fourth-order valence-corrected chi connectivity index (χ4v) is 1.45. The maximum Gasteiger partial charge on any atom is 0.282 e. The van der Waals surface area contributed by atoms with Gasteiger partial charge in [-0.1, -0.05) is 12.1 Å². The van der Waals surface area contributed by atoms with Gasteiger partial charge in [0.05, 0.1) is 18.4 Å². The molecule has 6 heteroatoms. The summed E-state index contributed by atoms with van der Waals surface area (Å²) < 4.78 is 10.4. The Bertz CT molecular complexity index is 536. The Morgan fingerprint density at radius 1 is 1.32 bits per heavy atom. The number of aliphatic imine (C=N–C) groups is 1. The van der Waals surface area contributed by atoms with Crippen LogP contribution in [0, 0.1) is 0 Å². The number of rotatable bonds is 5. The number of carbonyl (C=O) groups excluding carboxylic acids is 1. The molecular formula is C13H13N3O3. The maximum atomic E-state index is 12.0. The Balaban J connectivity index is 2.14. The summed E-state index contributed by atoms with van der Waals surface area (Å²) >= 11 is 0. The van der Waals surface area contributed by atoms with Crippen LogP contribution in [-0.4, -0.2) is 32.1 Å². The molecule has 2 rings (SSSR count). The summed E-state index contributed by atoms with van der Waals surface area (Å²) in [4.78, 5) is 15.9. The Labute approximate surface area is 110 Å². The number of hydrogen-bond donors (Lipinski definition) is 0. The number of amides is 1. The van der Waals surface area contributed by atoms with E-state index in [0.29, 0.717) is 24.5 Å². The number of amidine groups is 1. The number of methoxy groups -OCH3 is 1. The number of benzene rings is 1. The molecule has 0 saturated heterocycles. The number of hydrogen-bond acceptors (Lipinski definition) is 4. The minimum atomic E-state index is -0.409. The number of ether oxygens (including phenoxy) is 2. The topological polar surface area (TPSA) is 72.6 Å². The van der Waals surface area contributed by atoms with Gasteiger partial charge < -0.3 is 9.47 Å². The summed E-state index contributed by atoms with van der Waals surface area (Å²) in [5.74, 6) is 0.359. The molecule has 1 aliphatic heterocycles. The summed E-state index contributed by atoms with van der Waals surface area (Å²) in [6.45, 7) is 0.824. The van der Waals surface area contributed by atoms with E-state index in [9.17, 15) is 4.79 Å². The lowest BCUT2D eigenvalue weighted by Crippen LogP contribution is -2.08. The Hall–Kier alpha value is -2.34. The van der Waals surface area contributed by atoms with Crippen LogP contribution in [0.4, 0.5) is 0 Å². The normalized spacial score (nSPS) is 15.1. The minimum absolute atomic E-state index is 0.289. The Morgan fingerprint density at radius 2 is 2.16 bits per heavy atom. The second-order valence-electron chi connectivity index (χ2n) is 3.64. The molecule has 0 spiro atoms. The van der Waals surface area contributed by atoms with Crippen molar-refractivity contribution in [2.45, 2.75) is 0 Å². The van der Waals surface area contributed by atoms with E-state index in [1.165, 1.54) is 6.20 Å². The van der Waals surface area contributed by atoms with Gasteiger partial charge in [-0.3, -0.25) is 4.79 Å². The summed E-state index contributed by atoms with van der Waals surface area (Å²) in [6, 6.07) is 6.92. The third-order valence-corrected chi connectivity index (χ3v) is 2.33. The van der Waals surface area contributed by atoms with E-state index in [4.69, 9.17) is 9.47 Å². The van der Waals surface area contributed by atoms with Crippen molar-refractivity contribution in [2.75, 3.05) is 20.3 Å². The van der Waals surface area contributed by atoms with Crippen molar-refractivity contribution >= 4 is 11.7 Å². The number of nitrogens with zero attached hydrogens (tertiary/aromatic N) is 3. The highest BCUT2D eigenvalue weighted by molar-refractivity contribution is 6.08. The molecule has 0 aliphatic carbocycles. The van der Waals surface area contributed by atoms with E-state index in [2.05, 4.69) is 15.2 Å². The standard InChI is InChI=1S/C13H13N3O3/c1-18-8-9-19-11-5-3-2-4-10(11)13(17)15-12-6-7-14-16-12/h2-7H,8-9H2,1H3/b15-12-. The van der Waals surface area contributed by atoms with Crippen LogP contribution in [0.15, 0.2) is 51.8 Å². The lowest BCUT2D eigenvalue weighted by atomic mass is 10.2. The van der Waals surface area contributed by atoms with E-state index in [1.54, 1.807) is 37.5 Å². The predicted molar refractivity (Wildman–Crippen MR) is 69.6 cm³/mol.